The Bertz CT molecular complexity index is 431. The van der Waals surface area contributed by atoms with Crippen molar-refractivity contribution in [3.63, 3.8) is 0 Å². The van der Waals surface area contributed by atoms with E-state index in [9.17, 15) is 22.4 Å². The third kappa shape index (κ3) is 3.33. The van der Waals surface area contributed by atoms with Crippen molar-refractivity contribution in [2.24, 2.45) is 0 Å². The largest absolute Gasteiger partial charge is 0.480 e. The van der Waals surface area contributed by atoms with Gasteiger partial charge in [0.1, 0.15) is 11.9 Å². The van der Waals surface area contributed by atoms with E-state index < -0.39 is 29.6 Å². The summed E-state index contributed by atoms with van der Waals surface area (Å²) in [4.78, 5) is 10.5. The van der Waals surface area contributed by atoms with Crippen molar-refractivity contribution >= 4 is 11.7 Å². The number of hydrogen-bond donors (Lipinski definition) is 2. The van der Waals surface area contributed by atoms with Gasteiger partial charge in [-0.25, -0.2) is 4.39 Å². The number of carbonyl (C=O) groups is 1. The van der Waals surface area contributed by atoms with Gasteiger partial charge in [0.05, 0.1) is 5.56 Å². The van der Waals surface area contributed by atoms with Crippen LogP contribution in [0.5, 0.6) is 0 Å². The van der Waals surface area contributed by atoms with Crippen LogP contribution in [0.25, 0.3) is 0 Å². The van der Waals surface area contributed by atoms with E-state index in [4.69, 9.17) is 5.11 Å². The molecule has 1 unspecified atom stereocenters. The number of alkyl halides is 3. The second kappa shape index (κ2) is 4.60. The van der Waals surface area contributed by atoms with Gasteiger partial charge in [-0.05, 0) is 25.1 Å². The van der Waals surface area contributed by atoms with Crippen molar-refractivity contribution in [2.45, 2.75) is 19.1 Å². The van der Waals surface area contributed by atoms with E-state index in [-0.39, 0.29) is 5.69 Å². The van der Waals surface area contributed by atoms with Gasteiger partial charge in [0.25, 0.3) is 0 Å². The minimum Gasteiger partial charge on any atom is -0.480 e. The number of carboxylic acid groups (broad SMARTS) is 1. The van der Waals surface area contributed by atoms with Gasteiger partial charge in [-0.3, -0.25) is 4.79 Å². The zero-order chi connectivity index (χ0) is 13.2. The monoisotopic (exact) mass is 251 g/mol. The molecule has 0 saturated carbocycles. The van der Waals surface area contributed by atoms with E-state index in [0.29, 0.717) is 12.1 Å². The summed E-state index contributed by atoms with van der Waals surface area (Å²) in [6.45, 7) is 1.26. The lowest BCUT2D eigenvalue weighted by Gasteiger charge is -2.13. The Balaban J connectivity index is 3.01. The molecule has 1 aromatic rings. The van der Waals surface area contributed by atoms with Gasteiger partial charge in [0, 0.05) is 5.69 Å². The average molecular weight is 251 g/mol. The molecule has 2 N–H and O–H groups in total. The number of carboxylic acids is 1. The smallest absolute Gasteiger partial charge is 0.419 e. The molecule has 94 valence electrons. The second-order valence-corrected chi connectivity index (χ2v) is 3.40. The summed E-state index contributed by atoms with van der Waals surface area (Å²) in [5.74, 6) is -2.62. The van der Waals surface area contributed by atoms with Crippen LogP contribution in [0.1, 0.15) is 12.5 Å². The first-order chi connectivity index (χ1) is 7.71. The summed E-state index contributed by atoms with van der Waals surface area (Å²) in [7, 11) is 0. The molecular formula is C10H9F4NO2. The van der Waals surface area contributed by atoms with E-state index in [2.05, 4.69) is 5.32 Å². The standard InChI is InChI=1S/C10H9F4NO2/c1-5(9(16)17)15-6-2-3-8(11)7(4-6)10(12,13)14/h2-5,15H,1H3,(H,16,17). The Morgan fingerprint density at radius 3 is 2.47 bits per heavy atom. The topological polar surface area (TPSA) is 49.3 Å². The lowest BCUT2D eigenvalue weighted by atomic mass is 10.1. The Kier molecular flexibility index (Phi) is 3.59. The molecule has 1 rings (SSSR count). The number of aliphatic carboxylic acids is 1. The molecular weight excluding hydrogens is 242 g/mol. The second-order valence-electron chi connectivity index (χ2n) is 3.40. The fourth-order valence-electron chi connectivity index (χ4n) is 1.14. The van der Waals surface area contributed by atoms with Gasteiger partial charge in [-0.2, -0.15) is 13.2 Å². The molecule has 3 nitrogen and oxygen atoms in total. The van der Waals surface area contributed by atoms with Crippen LogP contribution >= 0.6 is 0 Å². The van der Waals surface area contributed by atoms with Crippen LogP contribution in [0, 0.1) is 5.82 Å². The number of nitrogens with one attached hydrogen (secondary N) is 1. The minimum atomic E-state index is -4.81. The van der Waals surface area contributed by atoms with Crippen LogP contribution in [0.2, 0.25) is 0 Å². The molecule has 0 saturated heterocycles. The van der Waals surface area contributed by atoms with Crippen LogP contribution in [0.4, 0.5) is 23.2 Å². The van der Waals surface area contributed by atoms with Crippen LogP contribution in [0.15, 0.2) is 18.2 Å². The molecule has 7 heteroatoms. The molecule has 0 aliphatic rings. The summed E-state index contributed by atoms with van der Waals surface area (Å²) in [6, 6.07) is 1.15. The SMILES string of the molecule is CC(Nc1ccc(F)c(C(F)(F)F)c1)C(=O)O. The highest BCUT2D eigenvalue weighted by Gasteiger charge is 2.34. The molecule has 0 aromatic heterocycles. The molecule has 0 bridgehead atoms. The normalized spacial score (nSPS) is 13.2. The quantitative estimate of drug-likeness (QED) is 0.812. The average Bonchev–Trinajstić information content (AvgIpc) is 2.19. The summed E-state index contributed by atoms with van der Waals surface area (Å²) in [6.07, 6.45) is -4.81. The molecule has 0 radical (unpaired) electrons. The van der Waals surface area contributed by atoms with E-state index in [1.165, 1.54) is 6.92 Å². The maximum atomic E-state index is 12.9. The van der Waals surface area contributed by atoms with Crippen LogP contribution < -0.4 is 5.32 Å². The maximum Gasteiger partial charge on any atom is 0.419 e. The zero-order valence-corrected chi connectivity index (χ0v) is 8.68. The first-order valence-corrected chi connectivity index (χ1v) is 4.58. The summed E-state index contributed by atoms with van der Waals surface area (Å²) < 4.78 is 49.9. The molecule has 0 aliphatic carbocycles. The predicted octanol–water partition coefficient (Wildman–Crippen LogP) is 2.73. The third-order valence-electron chi connectivity index (χ3n) is 2.03. The zero-order valence-electron chi connectivity index (χ0n) is 8.68. The molecule has 1 atom stereocenters. The van der Waals surface area contributed by atoms with Gasteiger partial charge < -0.3 is 10.4 Å². The van der Waals surface area contributed by atoms with Crippen LogP contribution in [-0.4, -0.2) is 17.1 Å². The van der Waals surface area contributed by atoms with Crippen molar-refractivity contribution in [3.05, 3.63) is 29.6 Å². The van der Waals surface area contributed by atoms with Crippen molar-refractivity contribution in [1.29, 1.82) is 0 Å². The van der Waals surface area contributed by atoms with Crippen molar-refractivity contribution in [1.82, 2.24) is 0 Å². The molecule has 17 heavy (non-hydrogen) atoms. The van der Waals surface area contributed by atoms with Gasteiger partial charge in [0.2, 0.25) is 0 Å². The fraction of sp³-hybridized carbons (Fsp3) is 0.300. The number of benzene rings is 1. The number of rotatable bonds is 3. The van der Waals surface area contributed by atoms with Gasteiger partial charge >= 0.3 is 12.1 Å². The Morgan fingerprint density at radius 2 is 2.00 bits per heavy atom. The highest BCUT2D eigenvalue weighted by atomic mass is 19.4. The van der Waals surface area contributed by atoms with Crippen molar-refractivity contribution < 1.29 is 27.5 Å². The maximum absolute atomic E-state index is 12.9. The third-order valence-corrected chi connectivity index (χ3v) is 2.03. The van der Waals surface area contributed by atoms with Gasteiger partial charge in [-0.1, -0.05) is 0 Å². The lowest BCUT2D eigenvalue weighted by molar-refractivity contribution is -0.140. The van der Waals surface area contributed by atoms with Crippen molar-refractivity contribution in [2.75, 3.05) is 5.32 Å². The predicted molar refractivity (Wildman–Crippen MR) is 52.1 cm³/mol. The van der Waals surface area contributed by atoms with E-state index >= 15 is 0 Å². The first kappa shape index (κ1) is 13.3. The van der Waals surface area contributed by atoms with Crippen molar-refractivity contribution in [3.8, 4) is 0 Å². The van der Waals surface area contributed by atoms with Gasteiger partial charge in [0.15, 0.2) is 0 Å². The van der Waals surface area contributed by atoms with E-state index in [1.807, 2.05) is 0 Å². The molecule has 0 amide bonds. The minimum absolute atomic E-state index is 0.103. The fourth-order valence-corrected chi connectivity index (χ4v) is 1.14. The number of halogens is 4. The molecule has 0 spiro atoms. The number of anilines is 1. The van der Waals surface area contributed by atoms with Gasteiger partial charge in [-0.15, -0.1) is 0 Å². The molecule has 0 fully saturated rings. The lowest BCUT2D eigenvalue weighted by Crippen LogP contribution is -2.25. The highest BCUT2D eigenvalue weighted by molar-refractivity contribution is 5.76. The van der Waals surface area contributed by atoms with E-state index in [1.54, 1.807) is 0 Å². The molecule has 0 aliphatic heterocycles. The van der Waals surface area contributed by atoms with E-state index in [0.717, 1.165) is 6.07 Å². The summed E-state index contributed by atoms with van der Waals surface area (Å²) in [5.41, 5.74) is -1.53. The summed E-state index contributed by atoms with van der Waals surface area (Å²) in [5, 5.41) is 10.9. The van der Waals surface area contributed by atoms with Crippen LogP contribution in [-0.2, 0) is 11.0 Å². The Labute approximate surface area is 94.1 Å². The number of hydrogen-bond acceptors (Lipinski definition) is 2. The molecule has 1 aromatic carbocycles. The Hall–Kier alpha value is -1.79. The summed E-state index contributed by atoms with van der Waals surface area (Å²) >= 11 is 0. The first-order valence-electron chi connectivity index (χ1n) is 4.58. The Morgan fingerprint density at radius 1 is 1.41 bits per heavy atom. The molecule has 0 heterocycles. The highest BCUT2D eigenvalue weighted by Crippen LogP contribution is 2.33. The van der Waals surface area contributed by atoms with Crippen LogP contribution in [0.3, 0.4) is 0 Å².